The Bertz CT molecular complexity index is 1350. The first-order valence-corrected chi connectivity index (χ1v) is 10.4. The summed E-state index contributed by atoms with van der Waals surface area (Å²) in [5, 5.41) is 12.7. The third kappa shape index (κ3) is 2.47. The van der Waals surface area contributed by atoms with Crippen LogP contribution < -0.4 is 0 Å². The second-order valence-electron chi connectivity index (χ2n) is 7.96. The molecule has 5 heteroatoms. The molecule has 1 amide bonds. The van der Waals surface area contributed by atoms with Crippen LogP contribution in [0.4, 0.5) is 0 Å². The van der Waals surface area contributed by atoms with E-state index in [1.165, 1.54) is 0 Å². The van der Waals surface area contributed by atoms with Crippen LogP contribution >= 0.6 is 0 Å². The third-order valence-corrected chi connectivity index (χ3v) is 6.33. The molecule has 1 saturated heterocycles. The third-order valence-electron chi connectivity index (χ3n) is 6.33. The standard InChI is InChI=1S/C26H19NO4/c28-19-10-2-1-7-16(19)23-21-17-8-3-5-15-6-4-9-18(20(15)17)22(21)24(25(23)29)26(30)27-11-13-31-14-12-27/h1-10,28H,11-14H2. The number of fused-ring (bicyclic) bond motifs is 3. The predicted octanol–water partition coefficient (Wildman–Crippen LogP) is 3.66. The number of rotatable bonds is 2. The molecule has 1 aliphatic heterocycles. The van der Waals surface area contributed by atoms with Crippen molar-refractivity contribution in [1.29, 1.82) is 0 Å². The number of carbonyl (C=O) groups excluding carboxylic acids is 2. The maximum Gasteiger partial charge on any atom is 0.258 e. The van der Waals surface area contributed by atoms with E-state index in [-0.39, 0.29) is 23.0 Å². The summed E-state index contributed by atoms with van der Waals surface area (Å²) in [4.78, 5) is 29.1. The van der Waals surface area contributed by atoms with Crippen LogP contribution in [0.15, 0.2) is 66.2 Å². The van der Waals surface area contributed by atoms with Crippen LogP contribution in [-0.4, -0.2) is 48.0 Å². The second kappa shape index (κ2) is 6.65. The van der Waals surface area contributed by atoms with Crippen LogP contribution in [0.2, 0.25) is 0 Å². The van der Waals surface area contributed by atoms with E-state index in [0.717, 1.165) is 27.5 Å². The zero-order valence-electron chi connectivity index (χ0n) is 16.7. The monoisotopic (exact) mass is 409 g/mol. The van der Waals surface area contributed by atoms with Crippen molar-refractivity contribution in [3.8, 4) is 5.75 Å². The number of Topliss-reactive ketones (excluding diaryl/α,β-unsaturated/α-hetero) is 1. The van der Waals surface area contributed by atoms with Crippen molar-refractivity contribution in [1.82, 2.24) is 4.90 Å². The highest BCUT2D eigenvalue weighted by molar-refractivity contribution is 6.56. The Kier molecular flexibility index (Phi) is 3.88. The molecule has 6 rings (SSSR count). The predicted molar refractivity (Wildman–Crippen MR) is 118 cm³/mol. The van der Waals surface area contributed by atoms with E-state index in [0.29, 0.717) is 43.0 Å². The minimum Gasteiger partial charge on any atom is -0.507 e. The number of ether oxygens (including phenoxy) is 1. The smallest absolute Gasteiger partial charge is 0.258 e. The number of phenols is 1. The highest BCUT2D eigenvalue weighted by Crippen LogP contribution is 2.55. The summed E-state index contributed by atoms with van der Waals surface area (Å²) in [5.74, 6) is -0.563. The number of ketones is 1. The second-order valence-corrected chi connectivity index (χ2v) is 7.96. The number of amides is 1. The lowest BCUT2D eigenvalue weighted by atomic mass is 9.94. The van der Waals surface area contributed by atoms with E-state index in [2.05, 4.69) is 0 Å². The summed E-state index contributed by atoms with van der Waals surface area (Å²) in [5.41, 5.74) is 4.31. The van der Waals surface area contributed by atoms with Gasteiger partial charge in [-0.1, -0.05) is 54.6 Å². The van der Waals surface area contributed by atoms with E-state index in [9.17, 15) is 14.7 Å². The zero-order chi connectivity index (χ0) is 21.1. The number of para-hydroxylation sites is 1. The molecule has 0 aromatic heterocycles. The lowest BCUT2D eigenvalue weighted by Gasteiger charge is -2.27. The molecular formula is C26H19NO4. The Morgan fingerprint density at radius 2 is 1.45 bits per heavy atom. The van der Waals surface area contributed by atoms with Gasteiger partial charge in [0.2, 0.25) is 5.78 Å². The Balaban J connectivity index is 1.66. The van der Waals surface area contributed by atoms with Crippen LogP contribution in [0.5, 0.6) is 5.75 Å². The van der Waals surface area contributed by atoms with Gasteiger partial charge < -0.3 is 14.7 Å². The van der Waals surface area contributed by atoms with Crippen LogP contribution in [-0.2, 0) is 14.3 Å². The fourth-order valence-corrected chi connectivity index (χ4v) is 4.97. The molecule has 31 heavy (non-hydrogen) atoms. The molecule has 1 N–H and O–H groups in total. The maximum absolute atomic E-state index is 13.8. The molecule has 0 saturated carbocycles. The van der Waals surface area contributed by atoms with Crippen molar-refractivity contribution in [3.05, 3.63) is 82.9 Å². The summed E-state index contributed by atoms with van der Waals surface area (Å²) in [6, 6.07) is 18.8. The minimum atomic E-state index is -0.325. The topological polar surface area (TPSA) is 66.8 Å². The summed E-state index contributed by atoms with van der Waals surface area (Å²) >= 11 is 0. The fourth-order valence-electron chi connectivity index (χ4n) is 4.97. The Morgan fingerprint density at radius 1 is 0.806 bits per heavy atom. The van der Waals surface area contributed by atoms with Crippen LogP contribution in [0, 0.1) is 0 Å². The van der Waals surface area contributed by atoms with Crippen molar-refractivity contribution in [2.75, 3.05) is 26.3 Å². The van der Waals surface area contributed by atoms with E-state index in [4.69, 9.17) is 4.74 Å². The molecule has 3 aromatic carbocycles. The van der Waals surface area contributed by atoms with E-state index >= 15 is 0 Å². The van der Waals surface area contributed by atoms with E-state index in [1.807, 2.05) is 36.4 Å². The molecular weight excluding hydrogens is 390 g/mol. The Hall–Kier alpha value is -3.70. The van der Waals surface area contributed by atoms with Crippen molar-refractivity contribution >= 4 is 39.2 Å². The number of nitrogens with zero attached hydrogens (tertiary/aromatic N) is 1. The van der Waals surface area contributed by atoms with Gasteiger partial charge in [-0.25, -0.2) is 0 Å². The molecule has 0 atom stereocenters. The fraction of sp³-hybridized carbons (Fsp3) is 0.154. The first-order valence-electron chi connectivity index (χ1n) is 10.4. The molecule has 0 radical (unpaired) electrons. The number of hydrogen-bond acceptors (Lipinski definition) is 4. The van der Waals surface area contributed by atoms with Gasteiger partial charge >= 0.3 is 0 Å². The number of phenolic OH excluding ortho intramolecular Hbond substituents is 1. The summed E-state index contributed by atoms with van der Waals surface area (Å²) < 4.78 is 5.39. The Morgan fingerprint density at radius 3 is 2.16 bits per heavy atom. The number of morpholine rings is 1. The van der Waals surface area contributed by atoms with Gasteiger partial charge in [-0.05, 0) is 28.0 Å². The quantitative estimate of drug-likeness (QED) is 0.656. The van der Waals surface area contributed by atoms with Crippen molar-refractivity contribution < 1.29 is 19.4 Å². The van der Waals surface area contributed by atoms with Gasteiger partial charge in [0.25, 0.3) is 5.91 Å². The van der Waals surface area contributed by atoms with Crippen LogP contribution in [0.25, 0.3) is 27.5 Å². The number of carbonyl (C=O) groups is 2. The van der Waals surface area contributed by atoms with Crippen LogP contribution in [0.3, 0.4) is 0 Å². The van der Waals surface area contributed by atoms with Gasteiger partial charge in [-0.2, -0.15) is 0 Å². The first kappa shape index (κ1) is 18.1. The van der Waals surface area contributed by atoms with Gasteiger partial charge in [-0.3, -0.25) is 9.59 Å². The lowest BCUT2D eigenvalue weighted by molar-refractivity contribution is -0.132. The van der Waals surface area contributed by atoms with Crippen molar-refractivity contribution in [3.63, 3.8) is 0 Å². The maximum atomic E-state index is 13.8. The summed E-state index contributed by atoms with van der Waals surface area (Å²) in [7, 11) is 0. The van der Waals surface area contributed by atoms with Gasteiger partial charge in [0, 0.05) is 35.4 Å². The van der Waals surface area contributed by atoms with E-state index < -0.39 is 0 Å². The van der Waals surface area contributed by atoms with Crippen molar-refractivity contribution in [2.45, 2.75) is 0 Å². The van der Waals surface area contributed by atoms with Gasteiger partial charge in [0.1, 0.15) is 5.75 Å². The van der Waals surface area contributed by atoms with Crippen molar-refractivity contribution in [2.24, 2.45) is 0 Å². The number of aromatic hydroxyl groups is 1. The van der Waals surface area contributed by atoms with E-state index in [1.54, 1.807) is 29.2 Å². The number of hydrogen-bond donors (Lipinski definition) is 1. The molecule has 5 nitrogen and oxygen atoms in total. The normalized spacial score (nSPS) is 17.7. The highest BCUT2D eigenvalue weighted by atomic mass is 16.5. The first-order chi connectivity index (χ1) is 15.2. The SMILES string of the molecule is O=C1C(C(=O)N2CCOCC2)=C2C(=C1c1ccccc1O)c1cccc3cccc2c13. The average Bonchev–Trinajstić information content (AvgIpc) is 3.28. The Labute approximate surface area is 178 Å². The van der Waals surface area contributed by atoms with Gasteiger partial charge in [0.15, 0.2) is 0 Å². The molecule has 1 heterocycles. The van der Waals surface area contributed by atoms with Gasteiger partial charge in [-0.15, -0.1) is 0 Å². The summed E-state index contributed by atoms with van der Waals surface area (Å²) in [6.07, 6.45) is 0. The molecule has 3 aliphatic rings. The molecule has 152 valence electrons. The van der Waals surface area contributed by atoms with Gasteiger partial charge in [0.05, 0.1) is 18.8 Å². The number of benzene rings is 3. The highest BCUT2D eigenvalue weighted by Gasteiger charge is 2.44. The molecule has 0 spiro atoms. The minimum absolute atomic E-state index is 0.0286. The lowest BCUT2D eigenvalue weighted by Crippen LogP contribution is -2.42. The molecule has 2 aliphatic carbocycles. The molecule has 0 bridgehead atoms. The zero-order valence-corrected chi connectivity index (χ0v) is 16.7. The molecule has 0 unspecified atom stereocenters. The largest absolute Gasteiger partial charge is 0.507 e. The van der Waals surface area contributed by atoms with Crippen LogP contribution in [0.1, 0.15) is 16.7 Å². The summed E-state index contributed by atoms with van der Waals surface area (Å²) in [6.45, 7) is 1.85. The molecule has 3 aromatic rings. The number of allylic oxidation sites excluding steroid dienone is 3. The molecule has 1 fully saturated rings. The average molecular weight is 409 g/mol.